The first kappa shape index (κ1) is 13.2. The van der Waals surface area contributed by atoms with Gasteiger partial charge in [-0.15, -0.1) is 0 Å². The maximum Gasteiger partial charge on any atom is 0.190 e. The highest BCUT2D eigenvalue weighted by molar-refractivity contribution is 5.88. The summed E-state index contributed by atoms with van der Waals surface area (Å²) < 4.78 is 11.2. The van der Waals surface area contributed by atoms with Gasteiger partial charge in [0, 0.05) is 26.1 Å². The standard InChI is InChI=1S/C15H20O3/c1-3-17-13-9-11-7-5-6-8-12(11)10-14(15(13)16)18-4-2/h5-8,13-14H,3-4,9-10H2,1-2H3/t13-,14-/m0/s1. The third kappa shape index (κ3) is 2.79. The van der Waals surface area contributed by atoms with Crippen molar-refractivity contribution < 1.29 is 14.3 Å². The number of Topliss-reactive ketones (excluding diaryl/α,β-unsaturated/α-hetero) is 1. The monoisotopic (exact) mass is 248 g/mol. The fourth-order valence-corrected chi connectivity index (χ4v) is 2.45. The van der Waals surface area contributed by atoms with E-state index in [1.807, 2.05) is 26.0 Å². The normalized spacial score (nSPS) is 23.6. The fraction of sp³-hybridized carbons (Fsp3) is 0.533. The Labute approximate surface area is 108 Å². The van der Waals surface area contributed by atoms with Crippen molar-refractivity contribution in [3.63, 3.8) is 0 Å². The number of ether oxygens (including phenoxy) is 2. The minimum absolute atomic E-state index is 0.0786. The van der Waals surface area contributed by atoms with Gasteiger partial charge >= 0.3 is 0 Å². The molecular weight excluding hydrogens is 228 g/mol. The molecule has 0 spiro atoms. The van der Waals surface area contributed by atoms with Gasteiger partial charge in [0.25, 0.3) is 0 Å². The first-order valence-electron chi connectivity index (χ1n) is 6.60. The highest BCUT2D eigenvalue weighted by Crippen LogP contribution is 2.22. The second-order valence-electron chi connectivity index (χ2n) is 4.47. The van der Waals surface area contributed by atoms with Gasteiger partial charge in [-0.05, 0) is 25.0 Å². The van der Waals surface area contributed by atoms with Crippen molar-refractivity contribution in [2.24, 2.45) is 0 Å². The number of hydrogen-bond donors (Lipinski definition) is 0. The third-order valence-corrected chi connectivity index (χ3v) is 3.30. The Balaban J connectivity index is 2.28. The van der Waals surface area contributed by atoms with Gasteiger partial charge in [0.15, 0.2) is 5.78 Å². The van der Waals surface area contributed by atoms with E-state index in [1.165, 1.54) is 11.1 Å². The summed E-state index contributed by atoms with van der Waals surface area (Å²) in [6.07, 6.45) is 0.587. The van der Waals surface area contributed by atoms with Crippen LogP contribution in [0.2, 0.25) is 0 Å². The lowest BCUT2D eigenvalue weighted by Gasteiger charge is -2.18. The van der Waals surface area contributed by atoms with E-state index in [0.29, 0.717) is 26.1 Å². The average molecular weight is 248 g/mol. The van der Waals surface area contributed by atoms with Gasteiger partial charge in [-0.1, -0.05) is 24.3 Å². The lowest BCUT2D eigenvalue weighted by atomic mass is 10.0. The molecule has 0 amide bonds. The van der Waals surface area contributed by atoms with Crippen molar-refractivity contribution in [2.75, 3.05) is 13.2 Å². The Morgan fingerprint density at radius 1 is 1.00 bits per heavy atom. The largest absolute Gasteiger partial charge is 0.370 e. The Bertz CT molecular complexity index is 377. The van der Waals surface area contributed by atoms with E-state index in [1.54, 1.807) is 0 Å². The van der Waals surface area contributed by atoms with Crippen LogP contribution in [0.5, 0.6) is 0 Å². The van der Waals surface area contributed by atoms with Crippen molar-refractivity contribution in [3.8, 4) is 0 Å². The summed E-state index contributed by atoms with van der Waals surface area (Å²) in [6.45, 7) is 4.94. The quantitative estimate of drug-likeness (QED) is 0.766. The zero-order valence-electron chi connectivity index (χ0n) is 11.0. The van der Waals surface area contributed by atoms with Crippen LogP contribution >= 0.6 is 0 Å². The summed E-state index contributed by atoms with van der Waals surface area (Å²) >= 11 is 0. The first-order chi connectivity index (χ1) is 8.76. The predicted molar refractivity (Wildman–Crippen MR) is 69.7 cm³/mol. The molecule has 2 rings (SSSR count). The van der Waals surface area contributed by atoms with Crippen LogP contribution in [-0.2, 0) is 27.1 Å². The van der Waals surface area contributed by atoms with Crippen LogP contribution in [0.4, 0.5) is 0 Å². The summed E-state index contributed by atoms with van der Waals surface area (Å²) in [5.74, 6) is 0.0786. The molecule has 0 saturated heterocycles. The molecule has 0 aromatic heterocycles. The maximum absolute atomic E-state index is 12.3. The Morgan fingerprint density at radius 3 is 1.83 bits per heavy atom. The van der Waals surface area contributed by atoms with Gasteiger partial charge in [0.1, 0.15) is 12.2 Å². The average Bonchev–Trinajstić information content (AvgIpc) is 2.50. The molecule has 1 aliphatic rings. The summed E-state index contributed by atoms with van der Waals surface area (Å²) in [7, 11) is 0. The number of ketones is 1. The number of benzene rings is 1. The fourth-order valence-electron chi connectivity index (χ4n) is 2.45. The summed E-state index contributed by atoms with van der Waals surface area (Å²) in [5, 5.41) is 0. The SMILES string of the molecule is CCO[C@H]1Cc2ccccc2C[C@H](OCC)C1=O. The summed E-state index contributed by atoms with van der Waals surface area (Å²) in [5.41, 5.74) is 2.40. The molecule has 0 saturated carbocycles. The van der Waals surface area contributed by atoms with E-state index in [2.05, 4.69) is 12.1 Å². The molecule has 0 bridgehead atoms. The molecular formula is C15H20O3. The first-order valence-corrected chi connectivity index (χ1v) is 6.60. The zero-order chi connectivity index (χ0) is 13.0. The Kier molecular flexibility index (Phi) is 4.50. The molecule has 3 nitrogen and oxygen atoms in total. The molecule has 0 aliphatic heterocycles. The zero-order valence-corrected chi connectivity index (χ0v) is 11.0. The molecule has 0 radical (unpaired) electrons. The summed E-state index contributed by atoms with van der Waals surface area (Å²) in [4.78, 5) is 12.3. The van der Waals surface area contributed by atoms with Crippen molar-refractivity contribution in [2.45, 2.75) is 38.9 Å². The molecule has 0 heterocycles. The predicted octanol–water partition coefficient (Wildman–Crippen LogP) is 2.16. The van der Waals surface area contributed by atoms with Crippen molar-refractivity contribution >= 4 is 5.78 Å². The van der Waals surface area contributed by atoms with Crippen molar-refractivity contribution in [1.29, 1.82) is 0 Å². The smallest absolute Gasteiger partial charge is 0.190 e. The lowest BCUT2D eigenvalue weighted by molar-refractivity contribution is -0.141. The van der Waals surface area contributed by atoms with E-state index >= 15 is 0 Å². The highest BCUT2D eigenvalue weighted by atomic mass is 16.5. The Hall–Kier alpha value is -1.19. The third-order valence-electron chi connectivity index (χ3n) is 3.30. The molecule has 0 unspecified atom stereocenters. The van der Waals surface area contributed by atoms with Crippen molar-refractivity contribution in [1.82, 2.24) is 0 Å². The molecule has 2 atom stereocenters. The molecule has 3 heteroatoms. The number of carbonyl (C=O) groups is 1. The molecule has 98 valence electrons. The number of rotatable bonds is 4. The van der Waals surface area contributed by atoms with Gasteiger partial charge < -0.3 is 9.47 Å². The molecule has 0 fully saturated rings. The van der Waals surface area contributed by atoms with E-state index in [0.717, 1.165) is 0 Å². The molecule has 1 aromatic carbocycles. The van der Waals surface area contributed by atoms with Crippen LogP contribution in [0.1, 0.15) is 25.0 Å². The molecule has 1 aromatic rings. The molecule has 18 heavy (non-hydrogen) atoms. The van der Waals surface area contributed by atoms with E-state index < -0.39 is 0 Å². The van der Waals surface area contributed by atoms with E-state index in [-0.39, 0.29) is 18.0 Å². The van der Waals surface area contributed by atoms with Gasteiger partial charge in [0.05, 0.1) is 0 Å². The minimum atomic E-state index is -0.366. The lowest BCUT2D eigenvalue weighted by Crippen LogP contribution is -2.36. The number of hydrogen-bond acceptors (Lipinski definition) is 3. The van der Waals surface area contributed by atoms with Gasteiger partial charge in [-0.2, -0.15) is 0 Å². The molecule has 0 N–H and O–H groups in total. The second-order valence-corrected chi connectivity index (χ2v) is 4.47. The van der Waals surface area contributed by atoms with Crippen LogP contribution in [0.15, 0.2) is 24.3 Å². The second kappa shape index (κ2) is 6.12. The van der Waals surface area contributed by atoms with Gasteiger partial charge in [-0.25, -0.2) is 0 Å². The summed E-state index contributed by atoms with van der Waals surface area (Å²) in [6, 6.07) is 8.16. The molecule has 1 aliphatic carbocycles. The van der Waals surface area contributed by atoms with Crippen LogP contribution in [0.3, 0.4) is 0 Å². The van der Waals surface area contributed by atoms with Gasteiger partial charge in [-0.3, -0.25) is 4.79 Å². The van der Waals surface area contributed by atoms with Crippen LogP contribution in [0.25, 0.3) is 0 Å². The maximum atomic E-state index is 12.3. The topological polar surface area (TPSA) is 35.5 Å². The minimum Gasteiger partial charge on any atom is -0.370 e. The van der Waals surface area contributed by atoms with Crippen LogP contribution < -0.4 is 0 Å². The van der Waals surface area contributed by atoms with Crippen LogP contribution in [0, 0.1) is 0 Å². The Morgan fingerprint density at radius 2 is 1.44 bits per heavy atom. The number of fused-ring (bicyclic) bond motifs is 1. The van der Waals surface area contributed by atoms with Crippen LogP contribution in [-0.4, -0.2) is 31.2 Å². The van der Waals surface area contributed by atoms with Gasteiger partial charge in [0.2, 0.25) is 0 Å². The van der Waals surface area contributed by atoms with E-state index in [9.17, 15) is 4.79 Å². The number of carbonyl (C=O) groups excluding carboxylic acids is 1. The van der Waals surface area contributed by atoms with E-state index in [4.69, 9.17) is 9.47 Å². The highest BCUT2D eigenvalue weighted by Gasteiger charge is 2.32. The van der Waals surface area contributed by atoms with Crippen molar-refractivity contribution in [3.05, 3.63) is 35.4 Å².